The molecule has 1 atom stereocenters. The maximum absolute atomic E-state index is 13.8. The number of nitrogens with zero attached hydrogens (tertiary/aromatic N) is 1. The zero-order valence-corrected chi connectivity index (χ0v) is 13.5. The number of methoxy groups -OCH3 is 1. The highest BCUT2D eigenvalue weighted by molar-refractivity contribution is 5.95. The van der Waals surface area contributed by atoms with E-state index < -0.39 is 23.1 Å². The Morgan fingerprint density at radius 3 is 2.67 bits per heavy atom. The van der Waals surface area contributed by atoms with Gasteiger partial charge in [0.2, 0.25) is 0 Å². The maximum atomic E-state index is 13.8. The summed E-state index contributed by atoms with van der Waals surface area (Å²) in [5.41, 5.74) is -0.258. The van der Waals surface area contributed by atoms with Gasteiger partial charge in [0, 0.05) is 37.3 Å². The van der Waals surface area contributed by atoms with Crippen LogP contribution in [0, 0.1) is 17.2 Å². The molecule has 2 aliphatic heterocycles. The van der Waals surface area contributed by atoms with E-state index in [2.05, 4.69) is 0 Å². The zero-order valence-electron chi connectivity index (χ0n) is 13.5. The van der Waals surface area contributed by atoms with Crippen molar-refractivity contribution >= 4 is 11.9 Å². The Bertz CT molecular complexity index is 656. The monoisotopic (exact) mass is 337 g/mol. The maximum Gasteiger partial charge on any atom is 0.308 e. The van der Waals surface area contributed by atoms with Gasteiger partial charge in [-0.05, 0) is 31.0 Å². The van der Waals surface area contributed by atoms with Crippen LogP contribution in [0.25, 0.3) is 0 Å². The second-order valence-electron chi connectivity index (χ2n) is 6.40. The molecule has 1 unspecified atom stereocenters. The number of carbonyl (C=O) groups is 2. The number of carboxylic acids is 1. The quantitative estimate of drug-likeness (QED) is 0.910. The fourth-order valence-electron chi connectivity index (χ4n) is 3.73. The first-order valence-corrected chi connectivity index (χ1v) is 7.90. The minimum atomic E-state index is -0.895. The van der Waals surface area contributed by atoms with E-state index in [1.807, 2.05) is 0 Å². The van der Waals surface area contributed by atoms with Crippen LogP contribution in [0.15, 0.2) is 18.2 Å². The van der Waals surface area contributed by atoms with Crippen molar-refractivity contribution in [2.45, 2.75) is 12.8 Å². The number of ether oxygens (including phenoxy) is 2. The van der Waals surface area contributed by atoms with Gasteiger partial charge < -0.3 is 19.5 Å². The van der Waals surface area contributed by atoms with Crippen LogP contribution in [0.5, 0.6) is 5.75 Å². The lowest BCUT2D eigenvalue weighted by molar-refractivity contribution is -0.146. The number of carbonyl (C=O) groups excluding carboxylic acids is 1. The van der Waals surface area contributed by atoms with Crippen LogP contribution in [0.3, 0.4) is 0 Å². The van der Waals surface area contributed by atoms with Crippen LogP contribution in [-0.4, -0.2) is 55.3 Å². The highest BCUT2D eigenvalue weighted by Gasteiger charge is 2.52. The molecule has 1 aromatic carbocycles. The Morgan fingerprint density at radius 1 is 1.38 bits per heavy atom. The molecule has 1 aromatic rings. The predicted molar refractivity (Wildman–Crippen MR) is 82.5 cm³/mol. The molecule has 1 amide bonds. The Balaban J connectivity index is 1.83. The van der Waals surface area contributed by atoms with Gasteiger partial charge in [0.05, 0.1) is 13.0 Å². The van der Waals surface area contributed by atoms with Gasteiger partial charge in [0.15, 0.2) is 11.6 Å². The third-order valence-corrected chi connectivity index (χ3v) is 5.12. The molecule has 2 aliphatic rings. The molecule has 0 saturated carbocycles. The molecular weight excluding hydrogens is 317 g/mol. The standard InChI is InChI=1S/C17H20FNO5/c1-23-14-3-2-11(8-13(14)18)15(20)19-9-12(16(21)22)17(10-19)4-6-24-7-5-17/h2-3,8,12H,4-7,9-10H2,1H3,(H,21,22). The normalized spacial score (nSPS) is 22.6. The van der Waals surface area contributed by atoms with Crippen molar-refractivity contribution in [1.82, 2.24) is 4.90 Å². The first-order valence-electron chi connectivity index (χ1n) is 7.90. The molecule has 0 aliphatic carbocycles. The average Bonchev–Trinajstić information content (AvgIpc) is 2.93. The van der Waals surface area contributed by atoms with Gasteiger partial charge >= 0.3 is 5.97 Å². The summed E-state index contributed by atoms with van der Waals surface area (Å²) in [7, 11) is 1.35. The fraction of sp³-hybridized carbons (Fsp3) is 0.529. The molecule has 3 rings (SSSR count). The third-order valence-electron chi connectivity index (χ3n) is 5.12. The van der Waals surface area contributed by atoms with Gasteiger partial charge in [-0.1, -0.05) is 0 Å². The van der Waals surface area contributed by atoms with E-state index in [0.717, 1.165) is 6.07 Å². The molecule has 2 saturated heterocycles. The van der Waals surface area contributed by atoms with Crippen LogP contribution >= 0.6 is 0 Å². The van der Waals surface area contributed by atoms with Crippen molar-refractivity contribution in [2.24, 2.45) is 11.3 Å². The summed E-state index contributed by atoms with van der Waals surface area (Å²) in [5, 5.41) is 9.56. The smallest absolute Gasteiger partial charge is 0.308 e. The lowest BCUT2D eigenvalue weighted by Crippen LogP contribution is -2.40. The predicted octanol–water partition coefficient (Wildman–Crippen LogP) is 1.79. The first-order chi connectivity index (χ1) is 11.5. The van der Waals surface area contributed by atoms with Gasteiger partial charge in [-0.25, -0.2) is 4.39 Å². The second-order valence-corrected chi connectivity index (χ2v) is 6.40. The van der Waals surface area contributed by atoms with Crippen LogP contribution < -0.4 is 4.74 Å². The molecule has 130 valence electrons. The van der Waals surface area contributed by atoms with Crippen molar-refractivity contribution in [1.29, 1.82) is 0 Å². The molecule has 2 heterocycles. The van der Waals surface area contributed by atoms with E-state index in [1.54, 1.807) is 0 Å². The topological polar surface area (TPSA) is 76.1 Å². The minimum Gasteiger partial charge on any atom is -0.494 e. The van der Waals surface area contributed by atoms with E-state index in [9.17, 15) is 19.1 Å². The van der Waals surface area contributed by atoms with Crippen molar-refractivity contribution < 1.29 is 28.6 Å². The Kier molecular flexibility index (Phi) is 4.45. The number of halogens is 1. The van der Waals surface area contributed by atoms with Crippen LogP contribution in [0.1, 0.15) is 23.2 Å². The van der Waals surface area contributed by atoms with Gasteiger partial charge in [0.25, 0.3) is 5.91 Å². The second kappa shape index (κ2) is 6.39. The Hall–Kier alpha value is -2.15. The lowest BCUT2D eigenvalue weighted by Gasteiger charge is -2.36. The summed E-state index contributed by atoms with van der Waals surface area (Å²) in [4.78, 5) is 25.9. The summed E-state index contributed by atoms with van der Waals surface area (Å²) in [5.74, 6) is -2.41. The number of amides is 1. The van der Waals surface area contributed by atoms with Crippen molar-refractivity contribution in [2.75, 3.05) is 33.4 Å². The number of aliphatic carboxylic acids is 1. The van der Waals surface area contributed by atoms with Gasteiger partial charge in [0.1, 0.15) is 0 Å². The average molecular weight is 337 g/mol. The number of carboxylic acid groups (broad SMARTS) is 1. The molecule has 1 N–H and O–H groups in total. The highest BCUT2D eigenvalue weighted by Crippen LogP contribution is 2.44. The highest BCUT2D eigenvalue weighted by atomic mass is 19.1. The summed E-state index contributed by atoms with van der Waals surface area (Å²) < 4.78 is 24.0. The summed E-state index contributed by atoms with van der Waals surface area (Å²) in [6.45, 7) is 1.51. The van der Waals surface area contributed by atoms with Crippen molar-refractivity contribution in [3.05, 3.63) is 29.6 Å². The van der Waals surface area contributed by atoms with Gasteiger partial charge in [-0.2, -0.15) is 0 Å². The number of rotatable bonds is 3. The number of benzene rings is 1. The molecule has 0 aromatic heterocycles. The zero-order chi connectivity index (χ0) is 17.3. The summed E-state index contributed by atoms with van der Waals surface area (Å²) in [6.07, 6.45) is 1.23. The minimum absolute atomic E-state index is 0.0669. The number of hydrogen-bond donors (Lipinski definition) is 1. The van der Waals surface area contributed by atoms with Crippen LogP contribution in [0.4, 0.5) is 4.39 Å². The Labute approximate surface area is 139 Å². The van der Waals surface area contributed by atoms with E-state index in [0.29, 0.717) is 32.6 Å². The SMILES string of the molecule is COc1ccc(C(=O)N2CC(C(=O)O)C3(CCOCC3)C2)cc1F. The lowest BCUT2D eigenvalue weighted by atomic mass is 9.72. The Morgan fingerprint density at radius 2 is 2.08 bits per heavy atom. The van der Waals surface area contributed by atoms with E-state index in [-0.39, 0.29) is 23.8 Å². The molecule has 0 radical (unpaired) electrons. The number of likely N-dealkylation sites (tertiary alicyclic amines) is 1. The largest absolute Gasteiger partial charge is 0.494 e. The van der Waals surface area contributed by atoms with Crippen LogP contribution in [-0.2, 0) is 9.53 Å². The molecule has 6 nitrogen and oxygen atoms in total. The first kappa shape index (κ1) is 16.7. The van der Waals surface area contributed by atoms with Gasteiger partial charge in [-0.15, -0.1) is 0 Å². The van der Waals surface area contributed by atoms with Gasteiger partial charge in [-0.3, -0.25) is 9.59 Å². The van der Waals surface area contributed by atoms with Crippen LogP contribution in [0.2, 0.25) is 0 Å². The molecule has 2 fully saturated rings. The van der Waals surface area contributed by atoms with E-state index >= 15 is 0 Å². The molecule has 0 bridgehead atoms. The molecule has 1 spiro atoms. The van der Waals surface area contributed by atoms with Crippen molar-refractivity contribution in [3.8, 4) is 5.75 Å². The number of hydrogen-bond acceptors (Lipinski definition) is 4. The van der Waals surface area contributed by atoms with E-state index in [1.165, 1.54) is 24.1 Å². The fourth-order valence-corrected chi connectivity index (χ4v) is 3.73. The van der Waals surface area contributed by atoms with Crippen molar-refractivity contribution in [3.63, 3.8) is 0 Å². The molecule has 7 heteroatoms. The third kappa shape index (κ3) is 2.84. The summed E-state index contributed by atoms with van der Waals surface area (Å²) in [6, 6.07) is 4.03. The van der Waals surface area contributed by atoms with E-state index in [4.69, 9.17) is 9.47 Å². The molecular formula is C17H20FNO5. The molecule has 24 heavy (non-hydrogen) atoms. The summed E-state index contributed by atoms with van der Waals surface area (Å²) >= 11 is 0.